The SMILES string of the molecule is CC(C)CCCNC(=O)COc1ccc2c(c1)CCC(=O)N2. The third-order valence-corrected chi connectivity index (χ3v) is 3.62. The molecule has 0 aromatic heterocycles. The van der Waals surface area contributed by atoms with E-state index in [2.05, 4.69) is 24.5 Å². The number of nitrogens with one attached hydrogen (secondary N) is 2. The van der Waals surface area contributed by atoms with Crippen LogP contribution in [-0.2, 0) is 16.0 Å². The molecule has 1 aromatic rings. The van der Waals surface area contributed by atoms with Crippen LogP contribution < -0.4 is 15.4 Å². The maximum Gasteiger partial charge on any atom is 0.257 e. The normalized spacial score (nSPS) is 13.5. The summed E-state index contributed by atoms with van der Waals surface area (Å²) < 4.78 is 5.51. The van der Waals surface area contributed by atoms with Crippen molar-refractivity contribution in [3.63, 3.8) is 0 Å². The van der Waals surface area contributed by atoms with Crippen molar-refractivity contribution in [2.45, 2.75) is 39.5 Å². The molecule has 2 amide bonds. The first-order valence-electron chi connectivity index (χ1n) is 7.87. The first kappa shape index (κ1) is 16.3. The van der Waals surface area contributed by atoms with Crippen LogP contribution in [0.5, 0.6) is 5.75 Å². The zero-order valence-electron chi connectivity index (χ0n) is 13.3. The number of benzene rings is 1. The number of hydrogen-bond acceptors (Lipinski definition) is 3. The summed E-state index contributed by atoms with van der Waals surface area (Å²) in [5.41, 5.74) is 1.89. The lowest BCUT2D eigenvalue weighted by Crippen LogP contribution is -2.29. The zero-order chi connectivity index (χ0) is 15.9. The molecule has 120 valence electrons. The molecule has 1 aliphatic rings. The van der Waals surface area contributed by atoms with E-state index in [0.29, 0.717) is 31.1 Å². The van der Waals surface area contributed by atoms with Gasteiger partial charge >= 0.3 is 0 Å². The Morgan fingerprint density at radius 1 is 1.36 bits per heavy atom. The number of ether oxygens (including phenoxy) is 1. The lowest BCUT2D eigenvalue weighted by molar-refractivity contribution is -0.123. The second-order valence-electron chi connectivity index (χ2n) is 6.04. The van der Waals surface area contributed by atoms with Gasteiger partial charge in [-0.15, -0.1) is 0 Å². The van der Waals surface area contributed by atoms with Crippen LogP contribution in [0, 0.1) is 5.92 Å². The summed E-state index contributed by atoms with van der Waals surface area (Å²) in [5, 5.41) is 5.68. The van der Waals surface area contributed by atoms with Gasteiger partial charge in [0.1, 0.15) is 5.75 Å². The van der Waals surface area contributed by atoms with Crippen molar-refractivity contribution < 1.29 is 14.3 Å². The van der Waals surface area contributed by atoms with Crippen LogP contribution in [-0.4, -0.2) is 25.0 Å². The number of fused-ring (bicyclic) bond motifs is 1. The summed E-state index contributed by atoms with van der Waals surface area (Å²) in [6.45, 7) is 5.05. The molecule has 0 atom stereocenters. The van der Waals surface area contributed by atoms with E-state index >= 15 is 0 Å². The van der Waals surface area contributed by atoms with Gasteiger partial charge in [-0.25, -0.2) is 0 Å². The molecule has 1 aliphatic heterocycles. The van der Waals surface area contributed by atoms with Gasteiger partial charge in [0.25, 0.3) is 5.91 Å². The average molecular weight is 304 g/mol. The van der Waals surface area contributed by atoms with E-state index in [1.54, 1.807) is 6.07 Å². The fourth-order valence-corrected chi connectivity index (χ4v) is 2.39. The lowest BCUT2D eigenvalue weighted by atomic mass is 10.0. The van der Waals surface area contributed by atoms with Crippen LogP contribution >= 0.6 is 0 Å². The molecular weight excluding hydrogens is 280 g/mol. The highest BCUT2D eigenvalue weighted by Crippen LogP contribution is 2.26. The van der Waals surface area contributed by atoms with E-state index in [9.17, 15) is 9.59 Å². The summed E-state index contributed by atoms with van der Waals surface area (Å²) in [6, 6.07) is 5.49. The summed E-state index contributed by atoms with van der Waals surface area (Å²) >= 11 is 0. The number of rotatable bonds is 7. The average Bonchev–Trinajstić information content (AvgIpc) is 2.49. The Kier molecular flexibility index (Phi) is 5.81. The molecule has 22 heavy (non-hydrogen) atoms. The van der Waals surface area contributed by atoms with Gasteiger partial charge in [-0.05, 0) is 48.9 Å². The fourth-order valence-electron chi connectivity index (χ4n) is 2.39. The molecule has 0 saturated heterocycles. The van der Waals surface area contributed by atoms with Gasteiger partial charge in [0.15, 0.2) is 6.61 Å². The van der Waals surface area contributed by atoms with E-state index in [-0.39, 0.29) is 18.4 Å². The third kappa shape index (κ3) is 5.06. The van der Waals surface area contributed by atoms with E-state index in [0.717, 1.165) is 24.1 Å². The fraction of sp³-hybridized carbons (Fsp3) is 0.529. The molecule has 0 bridgehead atoms. The monoisotopic (exact) mass is 304 g/mol. The summed E-state index contributed by atoms with van der Waals surface area (Å²) in [4.78, 5) is 23.0. The maximum absolute atomic E-state index is 11.7. The Morgan fingerprint density at radius 2 is 2.18 bits per heavy atom. The second kappa shape index (κ2) is 7.82. The minimum Gasteiger partial charge on any atom is -0.484 e. The van der Waals surface area contributed by atoms with Crippen molar-refractivity contribution in [1.82, 2.24) is 5.32 Å². The molecule has 5 nitrogen and oxygen atoms in total. The van der Waals surface area contributed by atoms with Gasteiger partial charge in [0.2, 0.25) is 5.91 Å². The number of amides is 2. The Labute approximate surface area is 131 Å². The zero-order valence-corrected chi connectivity index (χ0v) is 13.3. The van der Waals surface area contributed by atoms with Crippen LogP contribution in [0.25, 0.3) is 0 Å². The Hall–Kier alpha value is -2.04. The van der Waals surface area contributed by atoms with Gasteiger partial charge in [0.05, 0.1) is 0 Å². The van der Waals surface area contributed by atoms with Crippen molar-refractivity contribution in [3.05, 3.63) is 23.8 Å². The molecule has 0 unspecified atom stereocenters. The highest BCUT2D eigenvalue weighted by Gasteiger charge is 2.15. The molecule has 0 spiro atoms. The highest BCUT2D eigenvalue weighted by atomic mass is 16.5. The van der Waals surface area contributed by atoms with E-state index in [1.807, 2.05) is 12.1 Å². The lowest BCUT2D eigenvalue weighted by Gasteiger charge is -2.17. The van der Waals surface area contributed by atoms with Crippen LogP contribution in [0.2, 0.25) is 0 Å². The van der Waals surface area contributed by atoms with Gasteiger partial charge in [0, 0.05) is 18.7 Å². The second-order valence-corrected chi connectivity index (χ2v) is 6.04. The Morgan fingerprint density at radius 3 is 2.95 bits per heavy atom. The highest BCUT2D eigenvalue weighted by molar-refractivity contribution is 5.94. The Bertz CT molecular complexity index is 541. The topological polar surface area (TPSA) is 67.4 Å². The number of anilines is 1. The van der Waals surface area contributed by atoms with Gasteiger partial charge in [-0.2, -0.15) is 0 Å². The molecule has 0 radical (unpaired) electrons. The summed E-state index contributed by atoms with van der Waals surface area (Å²) in [7, 11) is 0. The molecule has 0 fully saturated rings. The van der Waals surface area contributed by atoms with Gasteiger partial charge in [-0.1, -0.05) is 13.8 Å². The number of aryl methyl sites for hydroxylation is 1. The molecule has 5 heteroatoms. The van der Waals surface area contributed by atoms with Gasteiger partial charge < -0.3 is 15.4 Å². The minimum atomic E-state index is -0.102. The maximum atomic E-state index is 11.7. The predicted molar refractivity (Wildman–Crippen MR) is 86.0 cm³/mol. The quantitative estimate of drug-likeness (QED) is 0.761. The number of carbonyl (C=O) groups is 2. The summed E-state index contributed by atoms with van der Waals surface area (Å²) in [5.74, 6) is 1.26. The molecule has 2 N–H and O–H groups in total. The van der Waals surface area contributed by atoms with Crippen LogP contribution in [0.15, 0.2) is 18.2 Å². The Balaban J connectivity index is 1.75. The van der Waals surface area contributed by atoms with E-state index in [4.69, 9.17) is 4.74 Å². The van der Waals surface area contributed by atoms with Crippen LogP contribution in [0.1, 0.15) is 38.7 Å². The van der Waals surface area contributed by atoms with E-state index in [1.165, 1.54) is 0 Å². The van der Waals surface area contributed by atoms with Crippen LogP contribution in [0.3, 0.4) is 0 Å². The van der Waals surface area contributed by atoms with Crippen molar-refractivity contribution >= 4 is 17.5 Å². The van der Waals surface area contributed by atoms with Crippen molar-refractivity contribution in [3.8, 4) is 5.75 Å². The molecule has 1 heterocycles. The van der Waals surface area contributed by atoms with Crippen LogP contribution in [0.4, 0.5) is 5.69 Å². The number of carbonyl (C=O) groups excluding carboxylic acids is 2. The first-order valence-corrected chi connectivity index (χ1v) is 7.87. The van der Waals surface area contributed by atoms with Crippen molar-refractivity contribution in [2.24, 2.45) is 5.92 Å². The van der Waals surface area contributed by atoms with Crippen molar-refractivity contribution in [2.75, 3.05) is 18.5 Å². The molecule has 0 saturated carbocycles. The summed E-state index contributed by atoms with van der Waals surface area (Å²) in [6.07, 6.45) is 3.30. The minimum absolute atomic E-state index is 0.0207. The number of hydrogen-bond donors (Lipinski definition) is 2. The van der Waals surface area contributed by atoms with E-state index < -0.39 is 0 Å². The largest absolute Gasteiger partial charge is 0.484 e. The molecular formula is C17H24N2O3. The van der Waals surface area contributed by atoms with Gasteiger partial charge in [-0.3, -0.25) is 9.59 Å². The molecule has 2 rings (SSSR count). The molecule has 0 aliphatic carbocycles. The third-order valence-electron chi connectivity index (χ3n) is 3.62. The smallest absolute Gasteiger partial charge is 0.257 e. The standard InChI is InChI=1S/C17H24N2O3/c1-12(2)4-3-9-18-17(21)11-22-14-6-7-15-13(10-14)5-8-16(20)19-15/h6-7,10,12H,3-5,8-9,11H2,1-2H3,(H,18,21)(H,19,20). The first-order chi connectivity index (χ1) is 10.5. The predicted octanol–water partition coefficient (Wildman–Crippen LogP) is 2.50. The van der Waals surface area contributed by atoms with Crippen molar-refractivity contribution in [1.29, 1.82) is 0 Å². The molecule has 1 aromatic carbocycles.